The van der Waals surface area contributed by atoms with Gasteiger partial charge in [0.2, 0.25) is 0 Å². The Morgan fingerprint density at radius 1 is 0.895 bits per heavy atom. The fraction of sp³-hybridized carbons (Fsp3) is 0.371. The fourth-order valence-corrected chi connectivity index (χ4v) is 4.40. The largest absolute Gasteiger partial charge is 0.319 e. The number of nitriles is 2. The van der Waals surface area contributed by atoms with Gasteiger partial charge in [-0.3, -0.25) is 0 Å². The third-order valence-electron chi connectivity index (χ3n) is 6.79. The first-order valence-electron chi connectivity index (χ1n) is 13.3. The van der Waals surface area contributed by atoms with Gasteiger partial charge in [0.25, 0.3) is 0 Å². The van der Waals surface area contributed by atoms with Crippen LogP contribution in [-0.4, -0.2) is 13.6 Å². The third kappa shape index (κ3) is 10.6. The minimum absolute atomic E-state index is 0.445. The van der Waals surface area contributed by atoms with Crippen molar-refractivity contribution in [1.82, 2.24) is 5.32 Å². The zero-order chi connectivity index (χ0) is 29.1. The van der Waals surface area contributed by atoms with Crippen LogP contribution in [0.15, 0.2) is 72.9 Å². The standard InChI is InChI=1S/C20H26.C11H11N3.C2H6.C2H2/c1-6-18-11-16(5)20(13-19(18)7-2)12-17-9-8-14(3)15(4)10-17;1-14-5-4-9-2-3-10(7-12)11(6-9)8-13;2*1-2/h6-10,16,20H,1-2,11-13H2,3-5H3;2-3,6,14H,4-5H2,1H3;1-2H3;1-2H. The fourth-order valence-electron chi connectivity index (χ4n) is 4.40. The van der Waals surface area contributed by atoms with E-state index in [0.29, 0.717) is 23.0 Å². The Balaban J connectivity index is 0.000000668. The number of nitrogens with one attached hydrogen (secondary N) is 1. The minimum atomic E-state index is 0.445. The predicted molar refractivity (Wildman–Crippen MR) is 164 cm³/mol. The normalized spacial score (nSPS) is 15.5. The molecule has 0 saturated carbocycles. The van der Waals surface area contributed by atoms with Crippen LogP contribution in [0.1, 0.15) is 67.0 Å². The summed E-state index contributed by atoms with van der Waals surface area (Å²) in [5.74, 6) is 1.43. The van der Waals surface area contributed by atoms with Crippen LogP contribution in [0.4, 0.5) is 0 Å². The van der Waals surface area contributed by atoms with E-state index in [1.807, 2.05) is 51.3 Å². The van der Waals surface area contributed by atoms with Crippen LogP contribution in [-0.2, 0) is 12.8 Å². The summed E-state index contributed by atoms with van der Waals surface area (Å²) in [6.45, 7) is 19.5. The minimum Gasteiger partial charge on any atom is -0.319 e. The van der Waals surface area contributed by atoms with Crippen LogP contribution in [0.25, 0.3) is 0 Å². The molecule has 0 spiro atoms. The number of rotatable bonds is 7. The molecule has 1 aliphatic carbocycles. The van der Waals surface area contributed by atoms with Gasteiger partial charge in [0.1, 0.15) is 12.1 Å². The molecule has 0 saturated heterocycles. The van der Waals surface area contributed by atoms with Crippen molar-refractivity contribution >= 4 is 0 Å². The number of terminal acetylenes is 1. The van der Waals surface area contributed by atoms with E-state index < -0.39 is 0 Å². The SMILES string of the molecule is C#C.C=CC1=C(C=C)CC(Cc2ccc(C)c(C)c2)C(C)C1.CC.CNCCc1ccc(C#N)c(C#N)c1. The highest BCUT2D eigenvalue weighted by Gasteiger charge is 2.25. The Morgan fingerprint density at radius 2 is 1.47 bits per heavy atom. The van der Waals surface area contributed by atoms with Gasteiger partial charge in [-0.2, -0.15) is 10.5 Å². The molecule has 38 heavy (non-hydrogen) atoms. The van der Waals surface area contributed by atoms with Crippen molar-refractivity contribution in [3.05, 3.63) is 106 Å². The number of nitrogens with zero attached hydrogens (tertiary/aromatic N) is 2. The molecule has 3 heteroatoms. The molecule has 0 aliphatic heterocycles. The summed E-state index contributed by atoms with van der Waals surface area (Å²) in [4.78, 5) is 0. The van der Waals surface area contributed by atoms with Crippen LogP contribution in [0, 0.1) is 61.2 Å². The molecule has 0 fully saturated rings. The Kier molecular flexibility index (Phi) is 17.3. The van der Waals surface area contributed by atoms with Crippen LogP contribution >= 0.6 is 0 Å². The monoisotopic (exact) mass is 507 g/mol. The second-order valence-corrected chi connectivity index (χ2v) is 9.18. The molecule has 2 unspecified atom stereocenters. The maximum Gasteiger partial charge on any atom is 0.101 e. The molecule has 0 amide bonds. The van der Waals surface area contributed by atoms with E-state index in [1.54, 1.807) is 12.1 Å². The first-order chi connectivity index (χ1) is 18.4. The molecule has 0 radical (unpaired) electrons. The van der Waals surface area contributed by atoms with Gasteiger partial charge >= 0.3 is 0 Å². The third-order valence-corrected chi connectivity index (χ3v) is 6.79. The number of likely N-dealkylation sites (N-methyl/N-ethyl adjacent to an activating group) is 1. The predicted octanol–water partition coefficient (Wildman–Crippen LogP) is 8.03. The average Bonchev–Trinajstić information content (AvgIpc) is 2.96. The summed E-state index contributed by atoms with van der Waals surface area (Å²) in [7, 11) is 1.88. The Hall–Kier alpha value is -3.84. The topological polar surface area (TPSA) is 59.6 Å². The maximum atomic E-state index is 8.78. The molecule has 200 valence electrons. The quantitative estimate of drug-likeness (QED) is 0.386. The molecule has 0 aromatic heterocycles. The van der Waals surface area contributed by atoms with Crippen molar-refractivity contribution in [1.29, 1.82) is 10.5 Å². The Morgan fingerprint density at radius 3 is 2.00 bits per heavy atom. The lowest BCUT2D eigenvalue weighted by Gasteiger charge is -2.31. The smallest absolute Gasteiger partial charge is 0.101 e. The Bertz CT molecular complexity index is 1170. The van der Waals surface area contributed by atoms with E-state index >= 15 is 0 Å². The van der Waals surface area contributed by atoms with E-state index in [4.69, 9.17) is 10.5 Å². The summed E-state index contributed by atoms with van der Waals surface area (Å²) in [6, 6.07) is 16.3. The number of aryl methyl sites for hydroxylation is 2. The van der Waals surface area contributed by atoms with E-state index in [9.17, 15) is 0 Å². The van der Waals surface area contributed by atoms with E-state index in [2.05, 4.69) is 70.3 Å². The van der Waals surface area contributed by atoms with Crippen molar-refractivity contribution in [2.75, 3.05) is 13.6 Å². The molecule has 0 bridgehead atoms. The molecule has 3 nitrogen and oxygen atoms in total. The highest BCUT2D eigenvalue weighted by molar-refractivity contribution is 5.47. The molecular weight excluding hydrogens is 462 g/mol. The van der Waals surface area contributed by atoms with Crippen LogP contribution in [0.3, 0.4) is 0 Å². The summed E-state index contributed by atoms with van der Waals surface area (Å²) in [6.07, 6.45) is 16.4. The zero-order valence-corrected chi connectivity index (χ0v) is 24.3. The first kappa shape index (κ1) is 34.2. The summed E-state index contributed by atoms with van der Waals surface area (Å²) in [5.41, 5.74) is 9.02. The molecule has 3 rings (SSSR count). The highest BCUT2D eigenvalue weighted by atomic mass is 14.8. The van der Waals surface area contributed by atoms with Gasteiger partial charge in [-0.15, -0.1) is 12.8 Å². The number of hydrogen-bond donors (Lipinski definition) is 1. The number of hydrogen-bond acceptors (Lipinski definition) is 3. The van der Waals surface area contributed by atoms with Crippen molar-refractivity contribution in [2.24, 2.45) is 11.8 Å². The zero-order valence-electron chi connectivity index (χ0n) is 24.3. The van der Waals surface area contributed by atoms with Crippen LogP contribution in [0.2, 0.25) is 0 Å². The van der Waals surface area contributed by atoms with Crippen molar-refractivity contribution in [2.45, 2.75) is 60.3 Å². The van der Waals surface area contributed by atoms with Crippen molar-refractivity contribution in [3.8, 4) is 25.0 Å². The van der Waals surface area contributed by atoms with Gasteiger partial charge in [0.15, 0.2) is 0 Å². The summed E-state index contributed by atoms with van der Waals surface area (Å²) in [5, 5.41) is 20.5. The molecule has 1 N–H and O–H groups in total. The van der Waals surface area contributed by atoms with Gasteiger partial charge in [-0.05, 0) is 110 Å². The average molecular weight is 508 g/mol. The van der Waals surface area contributed by atoms with E-state index in [-0.39, 0.29) is 0 Å². The molecule has 1 aliphatic rings. The van der Waals surface area contributed by atoms with Crippen LogP contribution in [0.5, 0.6) is 0 Å². The summed E-state index contributed by atoms with van der Waals surface area (Å²) >= 11 is 0. The lowest BCUT2D eigenvalue weighted by atomic mass is 9.74. The maximum absolute atomic E-state index is 8.78. The molecule has 2 aromatic rings. The second kappa shape index (κ2) is 19.3. The first-order valence-corrected chi connectivity index (χ1v) is 13.3. The van der Waals surface area contributed by atoms with Gasteiger partial charge < -0.3 is 5.32 Å². The van der Waals surface area contributed by atoms with Gasteiger partial charge in [-0.1, -0.05) is 70.3 Å². The van der Waals surface area contributed by atoms with E-state index in [0.717, 1.165) is 31.4 Å². The highest BCUT2D eigenvalue weighted by Crippen LogP contribution is 2.37. The second-order valence-electron chi connectivity index (χ2n) is 9.18. The van der Waals surface area contributed by atoms with Gasteiger partial charge in [0, 0.05) is 0 Å². The molecular formula is C35H45N3. The summed E-state index contributed by atoms with van der Waals surface area (Å²) < 4.78 is 0. The van der Waals surface area contributed by atoms with Gasteiger partial charge in [0.05, 0.1) is 11.1 Å². The van der Waals surface area contributed by atoms with Crippen molar-refractivity contribution in [3.63, 3.8) is 0 Å². The molecule has 0 heterocycles. The van der Waals surface area contributed by atoms with E-state index in [1.165, 1.54) is 34.3 Å². The van der Waals surface area contributed by atoms with Gasteiger partial charge in [-0.25, -0.2) is 0 Å². The lowest BCUT2D eigenvalue weighted by molar-refractivity contribution is 0.335. The Labute approximate surface area is 232 Å². The van der Waals surface area contributed by atoms with Crippen molar-refractivity contribution < 1.29 is 0 Å². The molecule has 2 atom stereocenters. The number of benzene rings is 2. The lowest BCUT2D eigenvalue weighted by Crippen LogP contribution is -2.20. The molecule has 2 aromatic carbocycles. The number of allylic oxidation sites excluding steroid dienone is 4. The van der Waals surface area contributed by atoms with Crippen LogP contribution < -0.4 is 5.32 Å².